The van der Waals surface area contributed by atoms with Crippen LogP contribution < -0.4 is 0 Å². The Labute approximate surface area is 88.2 Å². The number of fused-ring (bicyclic) bond motifs is 1. The van der Waals surface area contributed by atoms with E-state index in [2.05, 4.69) is 0 Å². The molecule has 2 bridgehead atoms. The van der Waals surface area contributed by atoms with E-state index in [9.17, 15) is 15.0 Å². The van der Waals surface area contributed by atoms with Crippen LogP contribution in [-0.4, -0.2) is 34.5 Å². The highest BCUT2D eigenvalue weighted by atomic mass is 16.5. The molecular formula is C11H16O4. The van der Waals surface area contributed by atoms with E-state index in [-0.39, 0.29) is 11.9 Å². The zero-order valence-corrected chi connectivity index (χ0v) is 8.61. The molecule has 0 aromatic heterocycles. The molecule has 0 radical (unpaired) electrons. The van der Waals surface area contributed by atoms with Crippen molar-refractivity contribution in [1.82, 2.24) is 0 Å². The zero-order chi connectivity index (χ0) is 10.7. The summed E-state index contributed by atoms with van der Waals surface area (Å²) in [5.41, 5.74) is -1.83. The van der Waals surface area contributed by atoms with Gasteiger partial charge in [-0.25, -0.2) is 0 Å². The lowest BCUT2D eigenvalue weighted by atomic mass is 9.75. The van der Waals surface area contributed by atoms with Crippen molar-refractivity contribution >= 4 is 5.97 Å². The van der Waals surface area contributed by atoms with Gasteiger partial charge < -0.3 is 14.9 Å². The number of esters is 1. The van der Waals surface area contributed by atoms with Crippen LogP contribution >= 0.6 is 0 Å². The minimum Gasteiger partial charge on any atom is -0.465 e. The van der Waals surface area contributed by atoms with Crippen LogP contribution in [-0.2, 0) is 9.53 Å². The molecule has 84 valence electrons. The molecule has 3 aliphatic rings. The lowest BCUT2D eigenvalue weighted by Gasteiger charge is -2.31. The predicted molar refractivity (Wildman–Crippen MR) is 50.9 cm³/mol. The lowest BCUT2D eigenvalue weighted by molar-refractivity contribution is -0.159. The van der Waals surface area contributed by atoms with E-state index in [1.807, 2.05) is 0 Å². The maximum absolute atomic E-state index is 11.8. The van der Waals surface area contributed by atoms with Gasteiger partial charge in [-0.05, 0) is 19.3 Å². The van der Waals surface area contributed by atoms with Crippen molar-refractivity contribution in [2.24, 2.45) is 11.3 Å². The van der Waals surface area contributed by atoms with E-state index >= 15 is 0 Å². The summed E-state index contributed by atoms with van der Waals surface area (Å²) < 4.78 is 5.06. The van der Waals surface area contributed by atoms with Gasteiger partial charge in [0.05, 0.1) is 18.3 Å². The number of aliphatic hydroxyl groups is 2. The predicted octanol–water partition coefficient (Wildman–Crippen LogP) is 0.215. The molecule has 2 N–H and O–H groups in total. The summed E-state index contributed by atoms with van der Waals surface area (Å²) in [4.78, 5) is 11.8. The fraction of sp³-hybridized carbons (Fsp3) is 0.909. The molecule has 3 rings (SSSR count). The maximum Gasteiger partial charge on any atom is 0.315 e. The monoisotopic (exact) mass is 212 g/mol. The van der Waals surface area contributed by atoms with Crippen LogP contribution in [0.2, 0.25) is 0 Å². The van der Waals surface area contributed by atoms with Crippen molar-refractivity contribution in [1.29, 1.82) is 0 Å². The highest BCUT2D eigenvalue weighted by Gasteiger charge is 2.69. The van der Waals surface area contributed by atoms with Gasteiger partial charge in [0.15, 0.2) is 0 Å². The Morgan fingerprint density at radius 1 is 1.33 bits per heavy atom. The Kier molecular flexibility index (Phi) is 1.75. The molecule has 2 saturated carbocycles. The Hall–Kier alpha value is -0.610. The molecule has 0 unspecified atom stereocenters. The fourth-order valence-electron chi connectivity index (χ4n) is 3.75. The van der Waals surface area contributed by atoms with Crippen LogP contribution in [0, 0.1) is 11.3 Å². The molecule has 4 heteroatoms. The van der Waals surface area contributed by atoms with Gasteiger partial charge in [-0.1, -0.05) is 12.8 Å². The van der Waals surface area contributed by atoms with E-state index in [0.29, 0.717) is 25.9 Å². The Morgan fingerprint density at radius 3 is 2.87 bits per heavy atom. The minimum atomic E-state index is -1.04. The van der Waals surface area contributed by atoms with Gasteiger partial charge in [0.2, 0.25) is 0 Å². The number of cyclic esters (lactones) is 1. The summed E-state index contributed by atoms with van der Waals surface area (Å²) in [7, 11) is 0. The van der Waals surface area contributed by atoms with E-state index < -0.39 is 17.1 Å². The van der Waals surface area contributed by atoms with Crippen molar-refractivity contribution < 1.29 is 19.7 Å². The SMILES string of the molecule is O=C1OC[C@H]2C[C@]3(O)CCCC[C@]12[C@H]3O. The Balaban J connectivity index is 2.09. The first kappa shape index (κ1) is 9.60. The van der Waals surface area contributed by atoms with Crippen molar-refractivity contribution in [3.8, 4) is 0 Å². The van der Waals surface area contributed by atoms with Gasteiger partial charge in [0.1, 0.15) is 5.41 Å². The third-order valence-electron chi connectivity index (χ3n) is 4.57. The smallest absolute Gasteiger partial charge is 0.315 e. The average molecular weight is 212 g/mol. The Bertz CT molecular complexity index is 316. The summed E-state index contributed by atoms with van der Waals surface area (Å²) >= 11 is 0. The number of ether oxygens (including phenoxy) is 1. The zero-order valence-electron chi connectivity index (χ0n) is 8.61. The second-order valence-corrected chi connectivity index (χ2v) is 5.25. The summed E-state index contributed by atoms with van der Waals surface area (Å²) in [6.07, 6.45) is 2.65. The van der Waals surface area contributed by atoms with Crippen molar-refractivity contribution in [2.45, 2.75) is 43.8 Å². The van der Waals surface area contributed by atoms with Crippen molar-refractivity contribution in [3.05, 3.63) is 0 Å². The number of hydrogen-bond donors (Lipinski definition) is 2. The number of aliphatic hydroxyl groups excluding tert-OH is 1. The lowest BCUT2D eigenvalue weighted by Crippen LogP contribution is -2.47. The van der Waals surface area contributed by atoms with E-state index in [1.54, 1.807) is 0 Å². The quantitative estimate of drug-likeness (QED) is 0.563. The van der Waals surface area contributed by atoms with Crippen LogP contribution in [0.5, 0.6) is 0 Å². The molecule has 3 fully saturated rings. The van der Waals surface area contributed by atoms with Gasteiger partial charge in [-0.2, -0.15) is 0 Å². The molecule has 4 nitrogen and oxygen atoms in total. The Morgan fingerprint density at radius 2 is 2.07 bits per heavy atom. The third kappa shape index (κ3) is 0.967. The van der Waals surface area contributed by atoms with Gasteiger partial charge in [-0.15, -0.1) is 0 Å². The first-order valence-electron chi connectivity index (χ1n) is 5.67. The van der Waals surface area contributed by atoms with Gasteiger partial charge >= 0.3 is 5.97 Å². The third-order valence-corrected chi connectivity index (χ3v) is 4.57. The number of rotatable bonds is 0. The second-order valence-electron chi connectivity index (χ2n) is 5.25. The average Bonchev–Trinajstić information content (AvgIpc) is 2.53. The van der Waals surface area contributed by atoms with Crippen LogP contribution in [0.3, 0.4) is 0 Å². The number of carbonyl (C=O) groups excluding carboxylic acids is 1. The normalized spacial score (nSPS) is 53.6. The molecule has 15 heavy (non-hydrogen) atoms. The van der Waals surface area contributed by atoms with E-state index in [0.717, 1.165) is 12.8 Å². The molecule has 2 aliphatic carbocycles. The standard InChI is InChI=1S/C11H16O4/c12-8-10(14)3-1-2-4-11(8)7(5-10)6-15-9(11)13/h7-8,12,14H,1-6H2/t7-,8+,10-,11+/m1/s1. The summed E-state index contributed by atoms with van der Waals surface area (Å²) in [5.74, 6) is -0.275. The molecule has 1 saturated heterocycles. The molecule has 0 aromatic carbocycles. The van der Waals surface area contributed by atoms with E-state index in [4.69, 9.17) is 4.74 Å². The molecule has 1 aliphatic heterocycles. The van der Waals surface area contributed by atoms with Gasteiger partial charge in [-0.3, -0.25) is 4.79 Å². The van der Waals surface area contributed by atoms with Crippen LogP contribution in [0.1, 0.15) is 32.1 Å². The molecular weight excluding hydrogens is 196 g/mol. The molecule has 0 amide bonds. The van der Waals surface area contributed by atoms with Crippen LogP contribution in [0.4, 0.5) is 0 Å². The summed E-state index contributed by atoms with van der Waals surface area (Å²) in [6.45, 7) is 0.373. The largest absolute Gasteiger partial charge is 0.465 e. The van der Waals surface area contributed by atoms with Crippen molar-refractivity contribution in [3.63, 3.8) is 0 Å². The minimum absolute atomic E-state index is 0.0188. The topological polar surface area (TPSA) is 66.8 Å². The highest BCUT2D eigenvalue weighted by Crippen LogP contribution is 2.58. The second kappa shape index (κ2) is 2.74. The highest BCUT2D eigenvalue weighted by molar-refractivity contribution is 5.81. The molecule has 1 heterocycles. The summed E-state index contributed by atoms with van der Waals surface area (Å²) in [5, 5.41) is 20.6. The van der Waals surface area contributed by atoms with Crippen molar-refractivity contribution in [2.75, 3.05) is 6.61 Å². The van der Waals surface area contributed by atoms with Crippen LogP contribution in [0.25, 0.3) is 0 Å². The first-order chi connectivity index (χ1) is 7.09. The maximum atomic E-state index is 11.8. The summed E-state index contributed by atoms with van der Waals surface area (Å²) in [6, 6.07) is 0. The van der Waals surface area contributed by atoms with Gasteiger partial charge in [0.25, 0.3) is 0 Å². The molecule has 1 spiro atoms. The van der Waals surface area contributed by atoms with Gasteiger partial charge in [0, 0.05) is 5.92 Å². The number of carbonyl (C=O) groups is 1. The molecule has 0 aromatic rings. The number of hydrogen-bond acceptors (Lipinski definition) is 4. The van der Waals surface area contributed by atoms with E-state index in [1.165, 1.54) is 0 Å². The first-order valence-corrected chi connectivity index (χ1v) is 5.67. The van der Waals surface area contributed by atoms with Crippen LogP contribution in [0.15, 0.2) is 0 Å². The molecule has 4 atom stereocenters. The fourth-order valence-corrected chi connectivity index (χ4v) is 3.75.